The molecule has 20 heavy (non-hydrogen) atoms. The lowest BCUT2D eigenvalue weighted by Gasteiger charge is -1.97. The fourth-order valence-electron chi connectivity index (χ4n) is 1.58. The molecule has 1 aliphatic rings. The van der Waals surface area contributed by atoms with Crippen molar-refractivity contribution in [1.29, 1.82) is 0 Å². The number of aliphatic imine (C=N–C) groups is 1. The summed E-state index contributed by atoms with van der Waals surface area (Å²) in [6, 6.07) is 5.14. The maximum atomic E-state index is 11.8. The molecule has 1 aliphatic heterocycles. The standard InChI is InChI=1S/C13H6BrClN2O2S/c14-7-3-9(20-6-7)5-11-13(18)19-12(17-11)10-4-8(15)1-2-16-10/h1-6H/b11-5-. The number of halogens is 2. The first-order chi connectivity index (χ1) is 9.61. The summed E-state index contributed by atoms with van der Waals surface area (Å²) in [5.74, 6) is -0.328. The summed E-state index contributed by atoms with van der Waals surface area (Å²) in [6.45, 7) is 0. The first kappa shape index (κ1) is 13.5. The van der Waals surface area contributed by atoms with E-state index in [-0.39, 0.29) is 11.6 Å². The molecule has 4 nitrogen and oxygen atoms in total. The molecule has 2 aromatic heterocycles. The monoisotopic (exact) mass is 368 g/mol. The van der Waals surface area contributed by atoms with Crippen molar-refractivity contribution in [1.82, 2.24) is 4.98 Å². The molecule has 0 saturated heterocycles. The Kier molecular flexibility index (Phi) is 3.69. The zero-order chi connectivity index (χ0) is 14.1. The summed E-state index contributed by atoms with van der Waals surface area (Å²) in [4.78, 5) is 20.9. The van der Waals surface area contributed by atoms with Gasteiger partial charge >= 0.3 is 5.97 Å². The molecule has 7 heteroatoms. The summed E-state index contributed by atoms with van der Waals surface area (Å²) in [7, 11) is 0. The third-order valence-corrected chi connectivity index (χ3v) is 4.30. The third kappa shape index (κ3) is 2.82. The highest BCUT2D eigenvalue weighted by molar-refractivity contribution is 9.10. The van der Waals surface area contributed by atoms with Crippen molar-refractivity contribution in [3.63, 3.8) is 0 Å². The molecule has 0 unspecified atom stereocenters. The Morgan fingerprint density at radius 3 is 2.95 bits per heavy atom. The Morgan fingerprint density at radius 1 is 1.40 bits per heavy atom. The second-order valence-electron chi connectivity index (χ2n) is 3.86. The molecule has 100 valence electrons. The van der Waals surface area contributed by atoms with Gasteiger partial charge < -0.3 is 4.74 Å². The molecule has 0 spiro atoms. The van der Waals surface area contributed by atoms with Gasteiger partial charge in [-0.2, -0.15) is 0 Å². The van der Waals surface area contributed by atoms with Crippen LogP contribution in [0.2, 0.25) is 5.02 Å². The summed E-state index contributed by atoms with van der Waals surface area (Å²) in [5, 5.41) is 2.43. The van der Waals surface area contributed by atoms with Crippen LogP contribution in [0, 0.1) is 0 Å². The van der Waals surface area contributed by atoms with Crippen LogP contribution in [0.3, 0.4) is 0 Å². The fourth-order valence-corrected chi connectivity index (χ4v) is 3.11. The fraction of sp³-hybridized carbons (Fsp3) is 0. The molecule has 2 aromatic rings. The summed E-state index contributed by atoms with van der Waals surface area (Å²) in [6.07, 6.45) is 3.21. The van der Waals surface area contributed by atoms with Crippen molar-refractivity contribution < 1.29 is 9.53 Å². The van der Waals surface area contributed by atoms with Crippen LogP contribution >= 0.6 is 38.9 Å². The highest BCUT2D eigenvalue weighted by Gasteiger charge is 2.25. The van der Waals surface area contributed by atoms with E-state index in [9.17, 15) is 4.79 Å². The van der Waals surface area contributed by atoms with Crippen LogP contribution < -0.4 is 0 Å². The molecule has 3 rings (SSSR count). The van der Waals surface area contributed by atoms with Gasteiger partial charge in [0.25, 0.3) is 0 Å². The van der Waals surface area contributed by atoms with Gasteiger partial charge in [0.2, 0.25) is 5.90 Å². The van der Waals surface area contributed by atoms with E-state index < -0.39 is 5.97 Å². The average Bonchev–Trinajstić information content (AvgIpc) is 2.97. The molecule has 0 radical (unpaired) electrons. The summed E-state index contributed by atoms with van der Waals surface area (Å²) in [5.41, 5.74) is 0.678. The highest BCUT2D eigenvalue weighted by atomic mass is 79.9. The minimum atomic E-state index is -0.494. The number of rotatable bonds is 2. The van der Waals surface area contributed by atoms with E-state index in [0.717, 1.165) is 9.35 Å². The van der Waals surface area contributed by atoms with E-state index in [1.54, 1.807) is 18.2 Å². The molecule has 0 aromatic carbocycles. The molecule has 0 atom stereocenters. The van der Waals surface area contributed by atoms with Crippen LogP contribution in [0.25, 0.3) is 6.08 Å². The lowest BCUT2D eigenvalue weighted by molar-refractivity contribution is -0.129. The molecule has 3 heterocycles. The predicted octanol–water partition coefficient (Wildman–Crippen LogP) is 3.90. The predicted molar refractivity (Wildman–Crippen MR) is 81.9 cm³/mol. The average molecular weight is 370 g/mol. The number of hydrogen-bond acceptors (Lipinski definition) is 5. The number of pyridine rings is 1. The van der Waals surface area contributed by atoms with Gasteiger partial charge in [0.1, 0.15) is 5.69 Å². The zero-order valence-electron chi connectivity index (χ0n) is 9.84. The molecule has 0 aliphatic carbocycles. The van der Waals surface area contributed by atoms with Gasteiger partial charge in [-0.15, -0.1) is 11.3 Å². The number of hydrogen-bond donors (Lipinski definition) is 0. The SMILES string of the molecule is O=C1OC(c2cc(Cl)ccn2)=N/C1=C\c1cc(Br)cs1. The second-order valence-corrected chi connectivity index (χ2v) is 6.16. The van der Waals surface area contributed by atoms with Crippen molar-refractivity contribution in [2.45, 2.75) is 0 Å². The lowest BCUT2D eigenvalue weighted by atomic mass is 10.3. The second kappa shape index (κ2) is 5.47. The van der Waals surface area contributed by atoms with E-state index in [2.05, 4.69) is 25.9 Å². The number of carbonyl (C=O) groups is 1. The topological polar surface area (TPSA) is 51.5 Å². The van der Waals surface area contributed by atoms with Crippen LogP contribution in [0.4, 0.5) is 0 Å². The van der Waals surface area contributed by atoms with E-state index in [0.29, 0.717) is 10.7 Å². The van der Waals surface area contributed by atoms with E-state index in [4.69, 9.17) is 16.3 Å². The maximum Gasteiger partial charge on any atom is 0.363 e. The number of nitrogens with zero attached hydrogens (tertiary/aromatic N) is 2. The normalized spacial score (nSPS) is 16.4. The minimum absolute atomic E-state index is 0.166. The van der Waals surface area contributed by atoms with Gasteiger partial charge in [0.15, 0.2) is 5.70 Å². The zero-order valence-corrected chi connectivity index (χ0v) is 13.0. The van der Waals surface area contributed by atoms with Gasteiger partial charge in [0.05, 0.1) is 0 Å². The quantitative estimate of drug-likeness (QED) is 0.596. The highest BCUT2D eigenvalue weighted by Crippen LogP contribution is 2.25. The smallest absolute Gasteiger partial charge is 0.363 e. The molecule has 0 amide bonds. The largest absolute Gasteiger partial charge is 0.400 e. The molecule has 0 saturated carbocycles. The van der Waals surface area contributed by atoms with Crippen LogP contribution in [0.5, 0.6) is 0 Å². The number of cyclic esters (lactones) is 1. The molecule has 0 N–H and O–H groups in total. The van der Waals surface area contributed by atoms with Crippen molar-refractivity contribution in [2.24, 2.45) is 4.99 Å². The van der Waals surface area contributed by atoms with E-state index in [1.165, 1.54) is 17.5 Å². The van der Waals surface area contributed by atoms with Crippen molar-refractivity contribution in [3.05, 3.63) is 55.5 Å². The number of thiophene rings is 1. The molecule has 0 fully saturated rings. The third-order valence-electron chi connectivity index (χ3n) is 2.43. The Balaban J connectivity index is 1.94. The Hall–Kier alpha value is -1.50. The van der Waals surface area contributed by atoms with E-state index in [1.807, 2.05) is 11.4 Å². The number of ether oxygens (including phenoxy) is 1. The van der Waals surface area contributed by atoms with Crippen LogP contribution in [-0.4, -0.2) is 16.9 Å². The van der Waals surface area contributed by atoms with Crippen LogP contribution in [-0.2, 0) is 9.53 Å². The molecule has 0 bridgehead atoms. The summed E-state index contributed by atoms with van der Waals surface area (Å²) < 4.78 is 6.07. The lowest BCUT2D eigenvalue weighted by Crippen LogP contribution is -2.06. The molecular weight excluding hydrogens is 364 g/mol. The first-order valence-electron chi connectivity index (χ1n) is 5.50. The van der Waals surface area contributed by atoms with Gasteiger partial charge in [-0.3, -0.25) is 4.98 Å². The van der Waals surface area contributed by atoms with Gasteiger partial charge in [-0.25, -0.2) is 9.79 Å². The minimum Gasteiger partial charge on any atom is -0.400 e. The van der Waals surface area contributed by atoms with Crippen molar-refractivity contribution in [3.8, 4) is 0 Å². The maximum absolute atomic E-state index is 11.8. The number of esters is 1. The summed E-state index contributed by atoms with van der Waals surface area (Å²) >= 11 is 10.7. The van der Waals surface area contributed by atoms with Gasteiger partial charge in [-0.1, -0.05) is 11.6 Å². The number of aromatic nitrogens is 1. The number of carbonyl (C=O) groups excluding carboxylic acids is 1. The van der Waals surface area contributed by atoms with Crippen molar-refractivity contribution >= 4 is 56.8 Å². The van der Waals surface area contributed by atoms with Gasteiger partial charge in [-0.05, 0) is 40.2 Å². The Labute approximate surface area is 131 Å². The Morgan fingerprint density at radius 2 is 2.25 bits per heavy atom. The van der Waals surface area contributed by atoms with Crippen LogP contribution in [0.1, 0.15) is 10.6 Å². The first-order valence-corrected chi connectivity index (χ1v) is 7.55. The molecular formula is C13H6BrClN2O2S. The van der Waals surface area contributed by atoms with Crippen molar-refractivity contribution in [2.75, 3.05) is 0 Å². The van der Waals surface area contributed by atoms with E-state index >= 15 is 0 Å². The van der Waals surface area contributed by atoms with Crippen LogP contribution in [0.15, 0.2) is 44.9 Å². The Bertz CT molecular complexity index is 754. The van der Waals surface area contributed by atoms with Gasteiger partial charge in [0, 0.05) is 25.9 Å².